The van der Waals surface area contributed by atoms with Crippen LogP contribution in [0.15, 0.2) is 233 Å². The van der Waals surface area contributed by atoms with Crippen molar-refractivity contribution in [1.29, 1.82) is 0 Å². The van der Waals surface area contributed by atoms with Crippen LogP contribution in [0.3, 0.4) is 0 Å². The molecule has 312 valence electrons. The molecule has 3 aromatic heterocycles. The van der Waals surface area contributed by atoms with Crippen molar-refractivity contribution in [1.82, 2.24) is 4.57 Å². The summed E-state index contributed by atoms with van der Waals surface area (Å²) < 4.78 is 23.0. The van der Waals surface area contributed by atoms with E-state index in [0.717, 1.165) is 90.2 Å². The van der Waals surface area contributed by atoms with E-state index < -0.39 is 0 Å². The average Bonchev–Trinajstić information content (AvgIpc) is 4.11. The number of nitrogens with zero attached hydrogens (tertiary/aromatic N) is 2. The van der Waals surface area contributed by atoms with Gasteiger partial charge in [-0.1, -0.05) is 163 Å². The van der Waals surface area contributed by atoms with Gasteiger partial charge in [-0.2, -0.15) is 0 Å². The van der Waals surface area contributed by atoms with Gasteiger partial charge in [0.1, 0.15) is 22.7 Å². The zero-order chi connectivity index (χ0) is 43.6. The second kappa shape index (κ2) is 15.6. The summed E-state index contributed by atoms with van der Waals surface area (Å²) in [6.07, 6.45) is 0.898. The zero-order valence-electron chi connectivity index (χ0n) is 36.0. The quantitative estimate of drug-likeness (QED) is 0.143. The Kier molecular flexibility index (Phi) is 9.02. The summed E-state index contributed by atoms with van der Waals surface area (Å²) in [6, 6.07) is 79.2. The molecule has 13 rings (SSSR count). The molecule has 0 fully saturated rings. The fourth-order valence-electron chi connectivity index (χ4n) is 10.2. The van der Waals surface area contributed by atoms with Gasteiger partial charge in [0.05, 0.1) is 23.2 Å². The molecule has 0 saturated heterocycles. The summed E-state index contributed by atoms with van der Waals surface area (Å²) in [5.74, 6) is 2.38. The van der Waals surface area contributed by atoms with E-state index in [1.54, 1.807) is 0 Å². The van der Waals surface area contributed by atoms with E-state index >= 15 is 0 Å². The fourth-order valence-corrected chi connectivity index (χ4v) is 10.2. The highest BCUT2D eigenvalue weighted by atomic mass is 16.5. The number of furan rings is 2. The first kappa shape index (κ1) is 38.0. The van der Waals surface area contributed by atoms with E-state index in [1.807, 2.05) is 12.1 Å². The lowest BCUT2D eigenvalue weighted by atomic mass is 9.41. The number of hydrogen-bond acceptors (Lipinski definition) is 4. The molecule has 1 aliphatic heterocycles. The highest BCUT2D eigenvalue weighted by Crippen LogP contribution is 2.48. The Labute approximate surface area is 382 Å². The van der Waals surface area contributed by atoms with Crippen molar-refractivity contribution in [3.8, 4) is 45.0 Å². The van der Waals surface area contributed by atoms with Crippen molar-refractivity contribution in [3.63, 3.8) is 0 Å². The maximum absolute atomic E-state index is 7.05. The minimum atomic E-state index is 0.278. The van der Waals surface area contributed by atoms with Gasteiger partial charge in [-0.3, -0.25) is 4.90 Å². The number of fused-ring (bicyclic) bond motifs is 7. The second-order valence-corrected chi connectivity index (χ2v) is 17.2. The molecule has 1 aliphatic rings. The predicted octanol–water partition coefficient (Wildman–Crippen LogP) is 15.2. The van der Waals surface area contributed by atoms with Gasteiger partial charge in [0, 0.05) is 56.2 Å². The summed E-state index contributed by atoms with van der Waals surface area (Å²) >= 11 is 0. The molecule has 0 aliphatic carbocycles. The van der Waals surface area contributed by atoms with Gasteiger partial charge in [0.2, 0.25) is 12.6 Å². The molecule has 0 N–H and O–H groups in total. The predicted molar refractivity (Wildman–Crippen MR) is 272 cm³/mol. The topological polar surface area (TPSA) is 43.7 Å². The molecule has 12 aromatic rings. The molecular weight excluding hydrogens is 807 g/mol. The highest BCUT2D eigenvalue weighted by Gasteiger charge is 2.29. The largest absolute Gasteiger partial charge is 0.501 e. The fraction of sp³-hybridized carbons (Fsp3) is 0.0333. The smallest absolute Gasteiger partial charge is 0.225 e. The Morgan fingerprint density at radius 3 is 1.98 bits per heavy atom. The maximum atomic E-state index is 7.05. The van der Waals surface area contributed by atoms with Crippen molar-refractivity contribution >= 4 is 73.2 Å². The summed E-state index contributed by atoms with van der Waals surface area (Å²) in [7, 11) is 0. The first-order valence-electron chi connectivity index (χ1n) is 22.6. The number of hydrogen-bond donors (Lipinski definition) is 0. The van der Waals surface area contributed by atoms with Crippen molar-refractivity contribution in [2.75, 3.05) is 11.4 Å². The van der Waals surface area contributed by atoms with Crippen LogP contribution in [-0.2, 0) is 6.32 Å². The molecule has 9 aromatic carbocycles. The number of rotatable bonds is 8. The average molecular weight is 849 g/mol. The molecule has 0 spiro atoms. The Balaban J connectivity index is 0.983. The van der Waals surface area contributed by atoms with Crippen molar-refractivity contribution in [2.45, 2.75) is 6.32 Å². The molecule has 4 heterocycles. The Hall–Kier alpha value is -8.48. The van der Waals surface area contributed by atoms with E-state index in [4.69, 9.17) is 13.6 Å². The first-order chi connectivity index (χ1) is 32.7. The number of benzene rings is 9. The summed E-state index contributed by atoms with van der Waals surface area (Å²) in [5.41, 5.74) is 14.7. The molecule has 6 heteroatoms. The van der Waals surface area contributed by atoms with Crippen LogP contribution in [0.5, 0.6) is 5.75 Å². The van der Waals surface area contributed by atoms with Crippen LogP contribution >= 0.6 is 0 Å². The van der Waals surface area contributed by atoms with E-state index in [9.17, 15) is 0 Å². The van der Waals surface area contributed by atoms with Gasteiger partial charge in [0.15, 0.2) is 0 Å². The summed E-state index contributed by atoms with van der Waals surface area (Å²) in [6.45, 7) is 0.885. The number of ether oxygens (including phenoxy) is 1. The Bertz CT molecular complexity index is 3740. The second-order valence-electron chi connectivity index (χ2n) is 17.2. The lowest BCUT2D eigenvalue weighted by Crippen LogP contribution is -2.41. The highest BCUT2D eigenvalue weighted by molar-refractivity contribution is 6.73. The molecule has 0 radical (unpaired) electrons. The van der Waals surface area contributed by atoms with Gasteiger partial charge in [-0.25, -0.2) is 0 Å². The van der Waals surface area contributed by atoms with E-state index in [1.165, 1.54) is 27.3 Å². The lowest BCUT2D eigenvalue weighted by Gasteiger charge is -2.27. The molecular formula is C60H41BN2O3. The van der Waals surface area contributed by atoms with Gasteiger partial charge < -0.3 is 18.1 Å². The SMILES string of the molecule is c1ccc(B2COc3c(cccc3-c3cc(N(c4ccc(-c5ccccc5)cc4)c4ccc(-c5ccc6c7ccccc7n(-c7ccccc7)c6c5)o4)cc4oc5ccccc5c34)C2)cc1. The van der Waals surface area contributed by atoms with Crippen LogP contribution in [0.4, 0.5) is 17.3 Å². The third-order valence-electron chi connectivity index (χ3n) is 13.3. The van der Waals surface area contributed by atoms with Crippen molar-refractivity contribution in [3.05, 3.63) is 230 Å². The molecule has 0 unspecified atom stereocenters. The van der Waals surface area contributed by atoms with Gasteiger partial charge in [-0.05, 0) is 83.2 Å². The Morgan fingerprint density at radius 1 is 0.455 bits per heavy atom. The van der Waals surface area contributed by atoms with Gasteiger partial charge in [0.25, 0.3) is 0 Å². The normalized spacial score (nSPS) is 12.5. The monoisotopic (exact) mass is 848 g/mol. The summed E-state index contributed by atoms with van der Waals surface area (Å²) in [5, 5.41) is 4.52. The first-order valence-corrected chi connectivity index (χ1v) is 22.6. The summed E-state index contributed by atoms with van der Waals surface area (Å²) in [4.78, 5) is 2.20. The van der Waals surface area contributed by atoms with Crippen LogP contribution in [0.2, 0.25) is 0 Å². The van der Waals surface area contributed by atoms with Crippen LogP contribution in [-0.4, -0.2) is 17.8 Å². The van der Waals surface area contributed by atoms with E-state index in [0.29, 0.717) is 12.4 Å². The zero-order valence-corrected chi connectivity index (χ0v) is 36.0. The van der Waals surface area contributed by atoms with Gasteiger partial charge >= 0.3 is 0 Å². The minimum absolute atomic E-state index is 0.278. The minimum Gasteiger partial charge on any atom is -0.501 e. The number of anilines is 3. The molecule has 0 amide bonds. The Morgan fingerprint density at radius 2 is 1.15 bits per heavy atom. The van der Waals surface area contributed by atoms with Crippen LogP contribution in [0.25, 0.3) is 83.0 Å². The standard InChI is InChI=1S/C60H41BN2O3/c1-4-15-40(16-5-1)41-27-30-46(31-28-41)62(58-34-33-55(66-58)42-29-32-49-48-22-10-12-25-53(48)63(54(49)35-42)45-20-8-3-9-21-45)47-36-52(59-51-23-11-13-26-56(51)65-57(59)37-47)50-24-14-17-43-38-61(39-64-60(43)50)44-18-6-2-7-19-44/h1-37H,38-39H2. The molecule has 66 heavy (non-hydrogen) atoms. The van der Waals surface area contributed by atoms with Crippen molar-refractivity contribution < 1.29 is 13.6 Å². The van der Waals surface area contributed by atoms with Crippen LogP contribution in [0, 0.1) is 0 Å². The van der Waals surface area contributed by atoms with Gasteiger partial charge in [-0.15, -0.1) is 0 Å². The third-order valence-corrected chi connectivity index (χ3v) is 13.3. The molecule has 0 bridgehead atoms. The number of para-hydroxylation sites is 4. The number of aromatic nitrogens is 1. The third kappa shape index (κ3) is 6.41. The molecule has 0 saturated carbocycles. The molecule has 5 nitrogen and oxygen atoms in total. The van der Waals surface area contributed by atoms with Crippen LogP contribution in [0.1, 0.15) is 5.56 Å². The van der Waals surface area contributed by atoms with E-state index in [-0.39, 0.29) is 6.71 Å². The molecule has 0 atom stereocenters. The lowest BCUT2D eigenvalue weighted by molar-refractivity contribution is 0.372. The van der Waals surface area contributed by atoms with Crippen LogP contribution < -0.4 is 15.1 Å². The van der Waals surface area contributed by atoms with E-state index in [2.05, 4.69) is 222 Å². The van der Waals surface area contributed by atoms with Crippen molar-refractivity contribution in [2.24, 2.45) is 0 Å². The maximum Gasteiger partial charge on any atom is 0.225 e.